The number of rotatable bonds is 3. The molecule has 122 valence electrons. The van der Waals surface area contributed by atoms with E-state index >= 15 is 0 Å². The third-order valence-corrected chi connectivity index (χ3v) is 4.18. The van der Waals surface area contributed by atoms with E-state index < -0.39 is 5.82 Å². The van der Waals surface area contributed by atoms with Crippen molar-refractivity contribution in [3.05, 3.63) is 58.9 Å². The number of benzene rings is 1. The zero-order valence-electron chi connectivity index (χ0n) is 12.3. The molecule has 24 heavy (non-hydrogen) atoms. The van der Waals surface area contributed by atoms with Gasteiger partial charge < -0.3 is 13.8 Å². The number of furan rings is 1. The Kier molecular flexibility index (Phi) is 3.57. The van der Waals surface area contributed by atoms with Crippen LogP contribution in [-0.4, -0.2) is 34.0 Å². The minimum absolute atomic E-state index is 0.0376. The Morgan fingerprint density at radius 1 is 1.33 bits per heavy atom. The molecule has 0 saturated carbocycles. The monoisotopic (exact) mass is 347 g/mol. The molecule has 0 N–H and O–H groups in total. The van der Waals surface area contributed by atoms with Gasteiger partial charge in [0.2, 0.25) is 11.7 Å². The van der Waals surface area contributed by atoms with Crippen molar-refractivity contribution in [3.63, 3.8) is 0 Å². The van der Waals surface area contributed by atoms with Crippen molar-refractivity contribution in [2.45, 2.75) is 5.92 Å². The van der Waals surface area contributed by atoms with Crippen LogP contribution in [0.1, 0.15) is 22.2 Å². The first-order valence-corrected chi connectivity index (χ1v) is 7.61. The van der Waals surface area contributed by atoms with Gasteiger partial charge in [-0.05, 0) is 30.3 Å². The maximum Gasteiger partial charge on any atom is 0.255 e. The molecule has 1 saturated heterocycles. The van der Waals surface area contributed by atoms with E-state index in [2.05, 4.69) is 10.1 Å². The van der Waals surface area contributed by atoms with Crippen LogP contribution in [0.4, 0.5) is 4.39 Å². The van der Waals surface area contributed by atoms with E-state index in [1.54, 1.807) is 17.0 Å². The van der Waals surface area contributed by atoms with Gasteiger partial charge in [-0.25, -0.2) is 4.39 Å². The standard InChI is InChI=1S/C16H11ClFN3O3/c17-12-6-10(18)3-4-11(12)16(22)21-7-9(8-21)15-19-14(20-24-15)13-2-1-5-23-13/h1-6,9H,7-8H2. The highest BCUT2D eigenvalue weighted by atomic mass is 35.5. The maximum atomic E-state index is 13.1. The number of nitrogens with zero attached hydrogens (tertiary/aromatic N) is 3. The van der Waals surface area contributed by atoms with Crippen LogP contribution in [0.2, 0.25) is 5.02 Å². The summed E-state index contributed by atoms with van der Waals surface area (Å²) >= 11 is 5.92. The summed E-state index contributed by atoms with van der Waals surface area (Å²) in [5.41, 5.74) is 0.276. The average molecular weight is 348 g/mol. The summed E-state index contributed by atoms with van der Waals surface area (Å²) in [6, 6.07) is 7.20. The number of carbonyl (C=O) groups excluding carboxylic acids is 1. The van der Waals surface area contributed by atoms with Crippen molar-refractivity contribution < 1.29 is 18.1 Å². The van der Waals surface area contributed by atoms with E-state index in [-0.39, 0.29) is 22.4 Å². The van der Waals surface area contributed by atoms with E-state index in [1.165, 1.54) is 18.4 Å². The lowest BCUT2D eigenvalue weighted by Gasteiger charge is -2.37. The lowest BCUT2D eigenvalue weighted by molar-refractivity contribution is 0.0569. The van der Waals surface area contributed by atoms with Crippen LogP contribution in [0, 0.1) is 5.82 Å². The zero-order chi connectivity index (χ0) is 16.7. The smallest absolute Gasteiger partial charge is 0.255 e. The quantitative estimate of drug-likeness (QED) is 0.726. The van der Waals surface area contributed by atoms with E-state index in [9.17, 15) is 9.18 Å². The molecule has 4 rings (SSSR count). The number of carbonyl (C=O) groups is 1. The van der Waals surface area contributed by atoms with Gasteiger partial charge in [-0.15, -0.1) is 0 Å². The molecule has 2 aromatic heterocycles. The number of likely N-dealkylation sites (tertiary alicyclic amines) is 1. The molecular formula is C16H11ClFN3O3. The average Bonchev–Trinajstić information content (AvgIpc) is 3.16. The summed E-state index contributed by atoms with van der Waals surface area (Å²) in [6.07, 6.45) is 1.53. The number of hydrogen-bond donors (Lipinski definition) is 0. The zero-order valence-corrected chi connectivity index (χ0v) is 13.0. The van der Waals surface area contributed by atoms with Gasteiger partial charge in [0, 0.05) is 13.1 Å². The molecule has 1 aliphatic heterocycles. The predicted molar refractivity (Wildman–Crippen MR) is 82.1 cm³/mol. The topological polar surface area (TPSA) is 72.4 Å². The number of halogens is 2. The van der Waals surface area contributed by atoms with E-state index in [0.29, 0.717) is 30.6 Å². The van der Waals surface area contributed by atoms with Gasteiger partial charge in [-0.2, -0.15) is 4.98 Å². The molecule has 8 heteroatoms. The fraction of sp³-hybridized carbons (Fsp3) is 0.188. The fourth-order valence-electron chi connectivity index (χ4n) is 2.54. The Morgan fingerprint density at radius 3 is 2.88 bits per heavy atom. The van der Waals surface area contributed by atoms with Crippen molar-refractivity contribution in [2.24, 2.45) is 0 Å². The molecule has 3 heterocycles. The Balaban J connectivity index is 1.44. The summed E-state index contributed by atoms with van der Waals surface area (Å²) in [5, 5.41) is 3.97. The number of hydrogen-bond acceptors (Lipinski definition) is 5. The molecule has 0 atom stereocenters. The molecule has 1 fully saturated rings. The molecule has 3 aromatic rings. The second kappa shape index (κ2) is 5.76. The van der Waals surface area contributed by atoms with Gasteiger partial charge in [0.05, 0.1) is 22.8 Å². The molecule has 0 unspecified atom stereocenters. The minimum atomic E-state index is -0.477. The Morgan fingerprint density at radius 2 is 2.17 bits per heavy atom. The lowest BCUT2D eigenvalue weighted by atomic mass is 9.98. The first kappa shape index (κ1) is 14.9. The molecule has 1 aliphatic rings. The molecule has 1 aromatic carbocycles. The normalized spacial score (nSPS) is 14.7. The highest BCUT2D eigenvalue weighted by molar-refractivity contribution is 6.33. The summed E-state index contributed by atoms with van der Waals surface area (Å²) in [7, 11) is 0. The second-order valence-electron chi connectivity index (χ2n) is 5.46. The molecule has 1 amide bonds. The summed E-state index contributed by atoms with van der Waals surface area (Å²) < 4.78 is 23.5. The Hall–Kier alpha value is -2.67. The first-order chi connectivity index (χ1) is 11.6. The van der Waals surface area contributed by atoms with Crippen LogP contribution >= 0.6 is 11.6 Å². The van der Waals surface area contributed by atoms with Crippen LogP contribution in [0.5, 0.6) is 0 Å². The van der Waals surface area contributed by atoms with Crippen molar-refractivity contribution in [1.82, 2.24) is 15.0 Å². The van der Waals surface area contributed by atoms with Gasteiger partial charge >= 0.3 is 0 Å². The maximum absolute atomic E-state index is 13.1. The van der Waals surface area contributed by atoms with Crippen molar-refractivity contribution in [2.75, 3.05) is 13.1 Å². The Labute approximate surface area is 140 Å². The predicted octanol–water partition coefficient (Wildman–Crippen LogP) is 3.36. The first-order valence-electron chi connectivity index (χ1n) is 7.23. The van der Waals surface area contributed by atoms with Crippen LogP contribution in [-0.2, 0) is 0 Å². The molecule has 6 nitrogen and oxygen atoms in total. The molecule has 0 spiro atoms. The SMILES string of the molecule is O=C(c1ccc(F)cc1Cl)N1CC(c2nc(-c3ccco3)no2)C1. The summed E-state index contributed by atoms with van der Waals surface area (Å²) in [4.78, 5) is 18.2. The van der Waals surface area contributed by atoms with Gasteiger partial charge in [-0.3, -0.25) is 4.79 Å². The largest absolute Gasteiger partial charge is 0.461 e. The number of amides is 1. The molecule has 0 aliphatic carbocycles. The van der Waals surface area contributed by atoms with Crippen LogP contribution in [0.3, 0.4) is 0 Å². The second-order valence-corrected chi connectivity index (χ2v) is 5.87. The van der Waals surface area contributed by atoms with Crippen molar-refractivity contribution in [3.8, 4) is 11.6 Å². The number of aromatic nitrogens is 2. The summed E-state index contributed by atoms with van der Waals surface area (Å²) in [6.45, 7) is 0.874. The van der Waals surface area contributed by atoms with E-state index in [0.717, 1.165) is 6.07 Å². The van der Waals surface area contributed by atoms with Gasteiger partial charge in [0.1, 0.15) is 5.82 Å². The highest BCUT2D eigenvalue weighted by Crippen LogP contribution is 2.30. The summed E-state index contributed by atoms with van der Waals surface area (Å²) in [5.74, 6) is 0.591. The van der Waals surface area contributed by atoms with Gasteiger partial charge in [0.25, 0.3) is 5.91 Å². The van der Waals surface area contributed by atoms with Crippen molar-refractivity contribution >= 4 is 17.5 Å². The molecule has 0 bridgehead atoms. The van der Waals surface area contributed by atoms with E-state index in [4.69, 9.17) is 20.5 Å². The molecular weight excluding hydrogens is 337 g/mol. The van der Waals surface area contributed by atoms with Crippen LogP contribution in [0.25, 0.3) is 11.6 Å². The highest BCUT2D eigenvalue weighted by Gasteiger charge is 2.36. The minimum Gasteiger partial charge on any atom is -0.461 e. The lowest BCUT2D eigenvalue weighted by Crippen LogP contribution is -2.48. The van der Waals surface area contributed by atoms with Crippen molar-refractivity contribution in [1.29, 1.82) is 0 Å². The van der Waals surface area contributed by atoms with Gasteiger partial charge in [-0.1, -0.05) is 16.8 Å². The van der Waals surface area contributed by atoms with Crippen LogP contribution < -0.4 is 0 Å². The fourth-order valence-corrected chi connectivity index (χ4v) is 2.79. The van der Waals surface area contributed by atoms with Crippen LogP contribution in [0.15, 0.2) is 45.5 Å². The van der Waals surface area contributed by atoms with E-state index in [1.807, 2.05) is 0 Å². The molecule has 0 radical (unpaired) electrons. The van der Waals surface area contributed by atoms with Gasteiger partial charge in [0.15, 0.2) is 5.76 Å². The third kappa shape index (κ3) is 2.56. The third-order valence-electron chi connectivity index (χ3n) is 3.86. The Bertz CT molecular complexity index is 888.